The highest BCUT2D eigenvalue weighted by Gasteiger charge is 2.37. The first kappa shape index (κ1) is 26.4. The number of benzene rings is 2. The maximum absolute atomic E-state index is 13.4. The summed E-state index contributed by atoms with van der Waals surface area (Å²) in [5.74, 6) is -2.15. The Balaban J connectivity index is 1.67. The zero-order valence-electron chi connectivity index (χ0n) is 22.1. The van der Waals surface area contributed by atoms with Crippen molar-refractivity contribution < 1.29 is 29.0 Å². The highest BCUT2D eigenvalue weighted by molar-refractivity contribution is 5.98. The number of allylic oxidation sites excluding steroid dienone is 1. The van der Waals surface area contributed by atoms with Gasteiger partial charge in [0.25, 0.3) is 5.56 Å². The predicted octanol–water partition coefficient (Wildman–Crippen LogP) is 5.17. The molecule has 5 rings (SSSR count). The van der Waals surface area contributed by atoms with Crippen LogP contribution in [0.4, 0.5) is 0 Å². The highest BCUT2D eigenvalue weighted by Crippen LogP contribution is 2.46. The van der Waals surface area contributed by atoms with Crippen molar-refractivity contribution in [3.05, 3.63) is 75.1 Å². The van der Waals surface area contributed by atoms with Crippen LogP contribution in [0.1, 0.15) is 84.8 Å². The van der Waals surface area contributed by atoms with E-state index in [9.17, 15) is 24.3 Å². The zero-order chi connectivity index (χ0) is 27.7. The summed E-state index contributed by atoms with van der Waals surface area (Å²) < 4.78 is 12.7. The fourth-order valence-corrected chi connectivity index (χ4v) is 5.48. The lowest BCUT2D eigenvalue weighted by Crippen LogP contribution is -2.29. The third-order valence-electron chi connectivity index (χ3n) is 7.51. The minimum Gasteiger partial charge on any atom is -0.507 e. The summed E-state index contributed by atoms with van der Waals surface area (Å²) in [6.45, 7) is 1.75. The number of phenolic OH excluding ortho intramolecular Hbond substituents is 1. The number of hydrogen-bond donors (Lipinski definition) is 1. The van der Waals surface area contributed by atoms with Gasteiger partial charge in [0, 0.05) is 36.9 Å². The first-order valence-corrected chi connectivity index (χ1v) is 13.3. The van der Waals surface area contributed by atoms with E-state index in [4.69, 9.17) is 9.47 Å². The van der Waals surface area contributed by atoms with Crippen LogP contribution in [0.2, 0.25) is 0 Å². The van der Waals surface area contributed by atoms with E-state index in [1.165, 1.54) is 4.57 Å². The fraction of sp³-hybridized carbons (Fsp3) is 0.355. The van der Waals surface area contributed by atoms with Crippen molar-refractivity contribution in [3.63, 3.8) is 0 Å². The normalized spacial score (nSPS) is 21.3. The van der Waals surface area contributed by atoms with Gasteiger partial charge in [0.1, 0.15) is 22.8 Å². The Hall–Kier alpha value is -4.20. The lowest BCUT2D eigenvalue weighted by molar-refractivity contribution is -0.135. The minimum absolute atomic E-state index is 0.0365. The largest absolute Gasteiger partial charge is 0.507 e. The molecule has 0 amide bonds. The van der Waals surface area contributed by atoms with Crippen LogP contribution in [0, 0.1) is 0 Å². The number of rotatable bonds is 1. The number of nitrogens with zero attached hydrogens (tertiary/aromatic N) is 1. The lowest BCUT2D eigenvalue weighted by Gasteiger charge is -2.27. The maximum Gasteiger partial charge on any atom is 0.342 e. The summed E-state index contributed by atoms with van der Waals surface area (Å²) in [5.41, 5.74) is 1.28. The van der Waals surface area contributed by atoms with E-state index in [0.717, 1.165) is 10.9 Å². The standard InChI is InChI=1S/C31H31NO7/c1-18-9-8-13-21(33)12-5-3-4-11-20-16-25-28(29(35)27(20)31(37)38-18)22(17-26(34)39-25)23-15-19-10-6-7-14-24(19)32(2)30(23)36/h4,6-7,10-11,14-16,18,22,35H,3,5,8-9,12-13,17H2,1-2H3/b11-4+. The molecule has 1 N–H and O–H groups in total. The summed E-state index contributed by atoms with van der Waals surface area (Å²) in [7, 11) is 1.66. The van der Waals surface area contributed by atoms with Crippen LogP contribution >= 0.6 is 0 Å². The van der Waals surface area contributed by atoms with E-state index in [1.54, 1.807) is 32.2 Å². The Morgan fingerprint density at radius 3 is 2.62 bits per heavy atom. The van der Waals surface area contributed by atoms with Gasteiger partial charge in [0.15, 0.2) is 0 Å². The molecule has 2 aromatic carbocycles. The number of ketones is 1. The van der Waals surface area contributed by atoms with Gasteiger partial charge in [-0.1, -0.05) is 30.4 Å². The summed E-state index contributed by atoms with van der Waals surface area (Å²) in [5, 5.41) is 12.4. The maximum atomic E-state index is 13.4. The Bertz CT molecular complexity index is 1570. The molecule has 1 aromatic heterocycles. The molecule has 3 heterocycles. The monoisotopic (exact) mass is 529 g/mol. The summed E-state index contributed by atoms with van der Waals surface area (Å²) in [6.07, 6.45) is 6.16. The van der Waals surface area contributed by atoms with E-state index in [0.29, 0.717) is 49.7 Å². The first-order valence-electron chi connectivity index (χ1n) is 13.3. The average Bonchev–Trinajstić information content (AvgIpc) is 2.89. The molecule has 39 heavy (non-hydrogen) atoms. The molecule has 0 radical (unpaired) electrons. The third kappa shape index (κ3) is 5.24. The van der Waals surface area contributed by atoms with E-state index < -0.39 is 24.0 Å². The molecule has 0 saturated heterocycles. The molecule has 2 aliphatic rings. The van der Waals surface area contributed by atoms with Gasteiger partial charge in [-0.3, -0.25) is 14.4 Å². The van der Waals surface area contributed by atoms with E-state index in [-0.39, 0.29) is 40.4 Å². The number of para-hydroxylation sites is 1. The molecule has 202 valence electrons. The molecule has 0 spiro atoms. The highest BCUT2D eigenvalue weighted by atomic mass is 16.5. The minimum atomic E-state index is -0.817. The zero-order valence-corrected chi connectivity index (χ0v) is 22.1. The first-order chi connectivity index (χ1) is 18.7. The van der Waals surface area contributed by atoms with Gasteiger partial charge in [0.2, 0.25) is 0 Å². The molecule has 2 atom stereocenters. The summed E-state index contributed by atoms with van der Waals surface area (Å²) in [4.78, 5) is 51.6. The van der Waals surface area contributed by atoms with Crippen LogP contribution in [-0.2, 0) is 21.4 Å². The number of pyridine rings is 1. The quantitative estimate of drug-likeness (QED) is 0.342. The molecule has 2 unspecified atom stereocenters. The number of cyclic esters (lactones) is 1. The number of carbonyl (C=O) groups is 3. The van der Waals surface area contributed by atoms with Crippen molar-refractivity contribution in [2.45, 2.75) is 63.9 Å². The number of esters is 2. The summed E-state index contributed by atoms with van der Waals surface area (Å²) in [6, 6.07) is 10.7. The van der Waals surface area contributed by atoms with E-state index in [2.05, 4.69) is 0 Å². The van der Waals surface area contributed by atoms with Gasteiger partial charge in [-0.05, 0) is 61.8 Å². The lowest BCUT2D eigenvalue weighted by atomic mass is 9.83. The van der Waals surface area contributed by atoms with E-state index >= 15 is 0 Å². The second-order valence-electron chi connectivity index (χ2n) is 10.3. The molecule has 0 bridgehead atoms. The number of aryl methyl sites for hydroxylation is 1. The Morgan fingerprint density at radius 2 is 1.79 bits per heavy atom. The second-order valence-corrected chi connectivity index (χ2v) is 10.3. The van der Waals surface area contributed by atoms with Crippen molar-refractivity contribution >= 4 is 34.7 Å². The van der Waals surface area contributed by atoms with E-state index in [1.807, 2.05) is 30.3 Å². The Morgan fingerprint density at radius 1 is 1.03 bits per heavy atom. The number of fused-ring (bicyclic) bond motifs is 3. The fourth-order valence-electron chi connectivity index (χ4n) is 5.48. The number of aromatic hydroxyl groups is 1. The van der Waals surface area contributed by atoms with Gasteiger partial charge in [-0.2, -0.15) is 0 Å². The van der Waals surface area contributed by atoms with Gasteiger partial charge in [-0.25, -0.2) is 4.79 Å². The van der Waals surface area contributed by atoms with Crippen molar-refractivity contribution in [2.75, 3.05) is 0 Å². The van der Waals surface area contributed by atoms with Gasteiger partial charge in [-0.15, -0.1) is 0 Å². The van der Waals surface area contributed by atoms with Crippen LogP contribution in [0.25, 0.3) is 17.0 Å². The average molecular weight is 530 g/mol. The number of aromatic nitrogens is 1. The Labute approximate surface area is 225 Å². The number of Topliss-reactive ketones (excluding diaryl/α,β-unsaturated/α-hetero) is 1. The molecule has 8 heteroatoms. The molecule has 2 aliphatic heterocycles. The molecule has 0 aliphatic carbocycles. The van der Waals surface area contributed by atoms with Gasteiger partial charge < -0.3 is 19.1 Å². The van der Waals surface area contributed by atoms with Crippen LogP contribution in [0.3, 0.4) is 0 Å². The summed E-state index contributed by atoms with van der Waals surface area (Å²) >= 11 is 0. The molecule has 8 nitrogen and oxygen atoms in total. The van der Waals surface area contributed by atoms with Crippen molar-refractivity contribution in [3.8, 4) is 11.5 Å². The smallest absolute Gasteiger partial charge is 0.342 e. The molecule has 3 aromatic rings. The molecule has 0 fully saturated rings. The topological polar surface area (TPSA) is 112 Å². The van der Waals surface area contributed by atoms with Crippen LogP contribution in [-0.4, -0.2) is 33.5 Å². The SMILES string of the molecule is CC1CCCC(=O)CCC/C=C/c2cc3c(c(O)c2C(=O)O1)C(c1cc2ccccc2n(C)c1=O)CC(=O)O3. The van der Waals surface area contributed by atoms with Crippen molar-refractivity contribution in [1.82, 2.24) is 4.57 Å². The molecular weight excluding hydrogens is 498 g/mol. The number of carbonyl (C=O) groups excluding carboxylic acids is 3. The third-order valence-corrected chi connectivity index (χ3v) is 7.51. The van der Waals surface area contributed by atoms with Crippen LogP contribution in [0.15, 0.2) is 47.3 Å². The van der Waals surface area contributed by atoms with Crippen molar-refractivity contribution in [1.29, 1.82) is 0 Å². The number of phenols is 1. The predicted molar refractivity (Wildman–Crippen MR) is 146 cm³/mol. The van der Waals surface area contributed by atoms with Gasteiger partial charge in [0.05, 0.1) is 18.0 Å². The van der Waals surface area contributed by atoms with Gasteiger partial charge >= 0.3 is 11.9 Å². The Kier molecular flexibility index (Phi) is 7.37. The molecular formula is C31H31NO7. The molecule has 0 saturated carbocycles. The van der Waals surface area contributed by atoms with Crippen LogP contribution < -0.4 is 10.3 Å². The second kappa shape index (κ2) is 10.9. The van der Waals surface area contributed by atoms with Crippen molar-refractivity contribution in [2.24, 2.45) is 7.05 Å². The number of ether oxygens (including phenoxy) is 2. The number of hydrogen-bond acceptors (Lipinski definition) is 7. The van der Waals surface area contributed by atoms with Crippen LogP contribution in [0.5, 0.6) is 11.5 Å².